The first-order chi connectivity index (χ1) is 5.74. The molecule has 1 rings (SSSR count). The fourth-order valence-corrected chi connectivity index (χ4v) is 0.925. The predicted molar refractivity (Wildman–Crippen MR) is 45.0 cm³/mol. The van der Waals surface area contributed by atoms with Gasteiger partial charge in [-0.1, -0.05) is 19.0 Å². The van der Waals surface area contributed by atoms with E-state index in [1.165, 1.54) is 0 Å². The minimum absolute atomic E-state index is 0.363. The number of hydrogen-bond acceptors (Lipinski definition) is 3. The Morgan fingerprint density at radius 3 is 2.92 bits per heavy atom. The third-order valence-electron chi connectivity index (χ3n) is 1.66. The molecule has 12 heavy (non-hydrogen) atoms. The molecule has 0 fully saturated rings. The third kappa shape index (κ3) is 2.19. The number of aldehydes is 1. The average Bonchev–Trinajstić information content (AvgIpc) is 2.48. The molecule has 0 aliphatic heterocycles. The van der Waals surface area contributed by atoms with Gasteiger partial charge in [0.15, 0.2) is 0 Å². The van der Waals surface area contributed by atoms with Crippen molar-refractivity contribution in [1.82, 2.24) is 5.16 Å². The van der Waals surface area contributed by atoms with Gasteiger partial charge in [-0.15, -0.1) is 0 Å². The maximum atomic E-state index is 10.1. The van der Waals surface area contributed by atoms with E-state index in [4.69, 9.17) is 4.52 Å². The molecule has 0 aliphatic carbocycles. The highest BCUT2D eigenvalue weighted by Gasteiger charge is 2.06. The van der Waals surface area contributed by atoms with Crippen molar-refractivity contribution in [3.05, 3.63) is 17.5 Å². The summed E-state index contributed by atoms with van der Waals surface area (Å²) >= 11 is 0. The van der Waals surface area contributed by atoms with Crippen LogP contribution in [0.5, 0.6) is 0 Å². The van der Waals surface area contributed by atoms with Crippen LogP contribution in [0.15, 0.2) is 10.6 Å². The molecule has 0 N–H and O–H groups in total. The maximum Gasteiger partial charge on any atom is 0.139 e. The zero-order valence-electron chi connectivity index (χ0n) is 7.41. The molecule has 0 saturated heterocycles. The van der Waals surface area contributed by atoms with Crippen molar-refractivity contribution in [2.24, 2.45) is 0 Å². The Morgan fingerprint density at radius 1 is 1.67 bits per heavy atom. The van der Waals surface area contributed by atoms with Crippen LogP contribution < -0.4 is 0 Å². The van der Waals surface area contributed by atoms with Crippen molar-refractivity contribution in [2.75, 3.05) is 0 Å². The van der Waals surface area contributed by atoms with Crippen LogP contribution in [0.3, 0.4) is 0 Å². The second-order valence-corrected chi connectivity index (χ2v) is 3.08. The summed E-state index contributed by atoms with van der Waals surface area (Å²) in [5.41, 5.74) is 0.866. The topological polar surface area (TPSA) is 43.1 Å². The first-order valence-corrected chi connectivity index (χ1v) is 4.13. The SMILES string of the molecule is CC(C)c1cc(CCC=O)no1. The highest BCUT2D eigenvalue weighted by atomic mass is 16.5. The molecule has 1 aromatic heterocycles. The van der Waals surface area contributed by atoms with Gasteiger partial charge in [-0.05, 0) is 6.42 Å². The molecular weight excluding hydrogens is 154 g/mol. The Morgan fingerprint density at radius 2 is 2.42 bits per heavy atom. The fourth-order valence-electron chi connectivity index (χ4n) is 0.925. The molecule has 0 saturated carbocycles. The van der Waals surface area contributed by atoms with E-state index >= 15 is 0 Å². The first kappa shape index (κ1) is 8.97. The normalized spacial score (nSPS) is 10.6. The predicted octanol–water partition coefficient (Wildman–Crippen LogP) is 1.93. The smallest absolute Gasteiger partial charge is 0.139 e. The summed E-state index contributed by atoms with van der Waals surface area (Å²) < 4.78 is 5.06. The van der Waals surface area contributed by atoms with Crippen LogP contribution in [0.25, 0.3) is 0 Å². The molecule has 3 nitrogen and oxygen atoms in total. The largest absolute Gasteiger partial charge is 0.361 e. The van der Waals surface area contributed by atoms with Gasteiger partial charge in [0.05, 0.1) is 5.69 Å². The van der Waals surface area contributed by atoms with Gasteiger partial charge in [-0.3, -0.25) is 0 Å². The van der Waals surface area contributed by atoms with Crippen LogP contribution in [0.2, 0.25) is 0 Å². The lowest BCUT2D eigenvalue weighted by molar-refractivity contribution is -0.107. The lowest BCUT2D eigenvalue weighted by Crippen LogP contribution is -1.85. The average molecular weight is 167 g/mol. The van der Waals surface area contributed by atoms with E-state index in [0.717, 1.165) is 17.7 Å². The Bertz CT molecular complexity index is 253. The number of aryl methyl sites for hydroxylation is 1. The first-order valence-electron chi connectivity index (χ1n) is 4.13. The molecule has 0 atom stereocenters. The van der Waals surface area contributed by atoms with E-state index in [-0.39, 0.29) is 0 Å². The molecule has 0 amide bonds. The van der Waals surface area contributed by atoms with Gasteiger partial charge in [-0.2, -0.15) is 0 Å². The van der Waals surface area contributed by atoms with Gasteiger partial charge in [0.1, 0.15) is 12.0 Å². The van der Waals surface area contributed by atoms with Gasteiger partial charge in [0.25, 0.3) is 0 Å². The van der Waals surface area contributed by atoms with E-state index in [1.54, 1.807) is 0 Å². The van der Waals surface area contributed by atoms with Crippen molar-refractivity contribution >= 4 is 6.29 Å². The summed E-state index contributed by atoms with van der Waals surface area (Å²) in [6.07, 6.45) is 2.09. The second-order valence-electron chi connectivity index (χ2n) is 3.08. The van der Waals surface area contributed by atoms with Crippen LogP contribution in [0.4, 0.5) is 0 Å². The number of rotatable bonds is 4. The molecule has 3 heteroatoms. The van der Waals surface area contributed by atoms with E-state index in [1.807, 2.05) is 19.9 Å². The Hall–Kier alpha value is -1.12. The summed E-state index contributed by atoms with van der Waals surface area (Å²) in [7, 11) is 0. The highest BCUT2D eigenvalue weighted by Crippen LogP contribution is 2.15. The molecule has 0 aromatic carbocycles. The molecule has 1 aromatic rings. The molecule has 0 bridgehead atoms. The zero-order valence-corrected chi connectivity index (χ0v) is 7.41. The van der Waals surface area contributed by atoms with Crippen molar-refractivity contribution in [2.45, 2.75) is 32.6 Å². The van der Waals surface area contributed by atoms with Gasteiger partial charge >= 0.3 is 0 Å². The molecule has 1 heterocycles. The highest BCUT2D eigenvalue weighted by molar-refractivity contribution is 5.49. The molecule has 0 unspecified atom stereocenters. The van der Waals surface area contributed by atoms with Crippen LogP contribution >= 0.6 is 0 Å². The van der Waals surface area contributed by atoms with Crippen LogP contribution in [0, 0.1) is 0 Å². The molecule has 0 radical (unpaired) electrons. The Balaban J connectivity index is 2.58. The van der Waals surface area contributed by atoms with Crippen LogP contribution in [0.1, 0.15) is 37.6 Å². The van der Waals surface area contributed by atoms with Gasteiger partial charge < -0.3 is 9.32 Å². The summed E-state index contributed by atoms with van der Waals surface area (Å²) in [5.74, 6) is 1.25. The second kappa shape index (κ2) is 4.04. The van der Waals surface area contributed by atoms with Crippen molar-refractivity contribution in [1.29, 1.82) is 0 Å². The van der Waals surface area contributed by atoms with E-state index in [9.17, 15) is 4.79 Å². The Labute approximate surface area is 71.7 Å². The molecule has 0 aliphatic rings. The van der Waals surface area contributed by atoms with Crippen LogP contribution in [-0.4, -0.2) is 11.4 Å². The quantitative estimate of drug-likeness (QED) is 0.643. The van der Waals surface area contributed by atoms with Crippen molar-refractivity contribution < 1.29 is 9.32 Å². The number of nitrogens with zero attached hydrogens (tertiary/aromatic N) is 1. The zero-order chi connectivity index (χ0) is 8.97. The van der Waals surface area contributed by atoms with Crippen LogP contribution in [-0.2, 0) is 11.2 Å². The number of aromatic nitrogens is 1. The minimum Gasteiger partial charge on any atom is -0.361 e. The van der Waals surface area contributed by atoms with Gasteiger partial charge in [0, 0.05) is 18.4 Å². The summed E-state index contributed by atoms with van der Waals surface area (Å²) in [4.78, 5) is 10.1. The monoisotopic (exact) mass is 167 g/mol. The van der Waals surface area contributed by atoms with Crippen molar-refractivity contribution in [3.8, 4) is 0 Å². The van der Waals surface area contributed by atoms with E-state index in [0.29, 0.717) is 18.8 Å². The lowest BCUT2D eigenvalue weighted by Gasteiger charge is -1.93. The maximum absolute atomic E-state index is 10.1. The van der Waals surface area contributed by atoms with Crippen molar-refractivity contribution in [3.63, 3.8) is 0 Å². The number of carbonyl (C=O) groups excluding carboxylic acids is 1. The summed E-state index contributed by atoms with van der Waals surface area (Å²) in [5, 5.41) is 3.84. The molecule has 0 spiro atoms. The number of carbonyl (C=O) groups is 1. The summed E-state index contributed by atoms with van der Waals surface area (Å²) in [6.45, 7) is 4.09. The standard InChI is InChI=1S/C9H13NO2/c1-7(2)9-6-8(10-12-9)4-3-5-11/h5-7H,3-4H2,1-2H3. The summed E-state index contributed by atoms with van der Waals surface area (Å²) in [6, 6.07) is 1.91. The Kier molecular flexibility index (Phi) is 3.02. The number of hydrogen-bond donors (Lipinski definition) is 0. The third-order valence-corrected chi connectivity index (χ3v) is 1.66. The fraction of sp³-hybridized carbons (Fsp3) is 0.556. The van der Waals surface area contributed by atoms with Gasteiger partial charge in [0.2, 0.25) is 0 Å². The van der Waals surface area contributed by atoms with Gasteiger partial charge in [-0.25, -0.2) is 0 Å². The molecular formula is C9H13NO2. The lowest BCUT2D eigenvalue weighted by atomic mass is 10.1. The molecule has 66 valence electrons. The van der Waals surface area contributed by atoms with E-state index < -0.39 is 0 Å². The minimum atomic E-state index is 0.363. The van der Waals surface area contributed by atoms with E-state index in [2.05, 4.69) is 5.16 Å².